The first kappa shape index (κ1) is 32.7. The van der Waals surface area contributed by atoms with Crippen LogP contribution < -0.4 is 25.6 Å². The number of anilines is 3. The number of furan rings is 1. The van der Waals surface area contributed by atoms with Crippen molar-refractivity contribution in [3.8, 4) is 11.1 Å². The second kappa shape index (κ2) is 13.8. The summed E-state index contributed by atoms with van der Waals surface area (Å²) in [5.74, 6) is 0. The highest BCUT2D eigenvalue weighted by molar-refractivity contribution is 7.19. The number of hydrogen-bond acceptors (Lipinski definition) is 2. The van der Waals surface area contributed by atoms with Gasteiger partial charge in [-0.2, -0.15) is 0 Å². The number of para-hydroxylation sites is 1. The molecule has 0 amide bonds. The Balaban J connectivity index is 1.13. The lowest BCUT2D eigenvalue weighted by atomic mass is 10.0. The highest BCUT2D eigenvalue weighted by atomic mass is 28.3. The van der Waals surface area contributed by atoms with Crippen LogP contribution in [0.25, 0.3) is 43.8 Å². The molecule has 0 fully saturated rings. The summed E-state index contributed by atoms with van der Waals surface area (Å²) in [6.45, 7) is 0. The number of fused-ring (bicyclic) bond motifs is 4. The lowest BCUT2D eigenvalue weighted by Gasteiger charge is -2.35. The Morgan fingerprint density at radius 2 is 0.782 bits per heavy atom. The first-order valence-corrected chi connectivity index (χ1v) is 20.8. The van der Waals surface area contributed by atoms with Gasteiger partial charge in [0.05, 0.1) is 0 Å². The van der Waals surface area contributed by atoms with E-state index in [1.807, 2.05) is 12.1 Å². The lowest BCUT2D eigenvalue weighted by Crippen LogP contribution is -2.74. The molecule has 0 N–H and O–H groups in total. The third-order valence-electron chi connectivity index (χ3n) is 11.0. The summed E-state index contributed by atoms with van der Waals surface area (Å²) in [6, 6.07) is 81.6. The molecule has 260 valence electrons. The maximum atomic E-state index is 6.42. The van der Waals surface area contributed by atoms with Gasteiger partial charge < -0.3 is 9.32 Å². The van der Waals surface area contributed by atoms with E-state index in [4.69, 9.17) is 4.42 Å². The zero-order valence-corrected chi connectivity index (χ0v) is 31.2. The van der Waals surface area contributed by atoms with E-state index in [2.05, 4.69) is 217 Å². The third-order valence-corrected chi connectivity index (χ3v) is 15.8. The van der Waals surface area contributed by atoms with Gasteiger partial charge in [-0.05, 0) is 91.2 Å². The molecule has 0 bridgehead atoms. The molecule has 1 aromatic heterocycles. The summed E-state index contributed by atoms with van der Waals surface area (Å²) in [5.41, 5.74) is 7.34. The van der Waals surface area contributed by atoms with E-state index in [-0.39, 0.29) is 0 Å². The van der Waals surface area contributed by atoms with E-state index in [1.54, 1.807) is 0 Å². The Bertz CT molecular complexity index is 2810. The summed E-state index contributed by atoms with van der Waals surface area (Å²) in [6.07, 6.45) is 0. The van der Waals surface area contributed by atoms with Crippen LogP contribution in [0.3, 0.4) is 0 Å². The van der Waals surface area contributed by atoms with Gasteiger partial charge in [0, 0.05) is 33.9 Å². The van der Waals surface area contributed by atoms with Crippen molar-refractivity contribution in [3.63, 3.8) is 0 Å². The van der Waals surface area contributed by atoms with E-state index in [9.17, 15) is 0 Å². The Morgan fingerprint density at radius 1 is 0.309 bits per heavy atom. The summed E-state index contributed by atoms with van der Waals surface area (Å²) in [7, 11) is -2.67. The van der Waals surface area contributed by atoms with Gasteiger partial charge in [-0.15, -0.1) is 0 Å². The number of nitrogens with zero attached hydrogens (tertiary/aromatic N) is 1. The molecule has 1 heterocycles. The first-order chi connectivity index (χ1) is 27.3. The fraction of sp³-hybridized carbons (Fsp3) is 0. The van der Waals surface area contributed by atoms with E-state index in [1.165, 1.54) is 42.6 Å². The van der Waals surface area contributed by atoms with E-state index < -0.39 is 8.07 Å². The highest BCUT2D eigenvalue weighted by Crippen LogP contribution is 2.39. The van der Waals surface area contributed by atoms with Gasteiger partial charge in [-0.3, -0.25) is 0 Å². The number of hydrogen-bond donors (Lipinski definition) is 0. The van der Waals surface area contributed by atoms with Crippen molar-refractivity contribution >= 4 is 78.6 Å². The van der Waals surface area contributed by atoms with Crippen molar-refractivity contribution in [2.24, 2.45) is 0 Å². The maximum Gasteiger partial charge on any atom is 0.179 e. The molecule has 9 aromatic carbocycles. The van der Waals surface area contributed by atoms with Gasteiger partial charge in [-0.1, -0.05) is 170 Å². The molecule has 0 atom stereocenters. The van der Waals surface area contributed by atoms with Gasteiger partial charge in [0.15, 0.2) is 8.07 Å². The zero-order valence-electron chi connectivity index (χ0n) is 30.2. The summed E-state index contributed by atoms with van der Waals surface area (Å²) >= 11 is 0. The first-order valence-electron chi connectivity index (χ1n) is 18.8. The number of benzene rings is 9. The molecular formula is C52H37NOSi. The van der Waals surface area contributed by atoms with Gasteiger partial charge in [-0.25, -0.2) is 0 Å². The Kier molecular flexibility index (Phi) is 8.20. The molecule has 0 aliphatic rings. The van der Waals surface area contributed by atoms with Gasteiger partial charge >= 0.3 is 0 Å². The maximum absolute atomic E-state index is 6.42. The van der Waals surface area contributed by atoms with Crippen LogP contribution >= 0.6 is 0 Å². The normalized spacial score (nSPS) is 11.6. The Hall–Kier alpha value is -6.94. The van der Waals surface area contributed by atoms with Crippen molar-refractivity contribution in [1.82, 2.24) is 0 Å². The van der Waals surface area contributed by atoms with Crippen LogP contribution in [0.15, 0.2) is 229 Å². The fourth-order valence-electron chi connectivity index (χ4n) is 8.40. The molecule has 3 heteroatoms. The highest BCUT2D eigenvalue weighted by Gasteiger charge is 2.41. The standard InChI is InChI=1S/C52H37NOSi/c1-4-16-45(17-5-1)55(46-18-6-2-7-19-46,47-20-8-3-9-21-47)48-33-30-43(31-34-48)53(44-32-35-50-49-22-12-13-23-51(49)54-52(50)37-44)42-28-26-39(27-29-42)41-25-24-38-14-10-11-15-40(38)36-41/h1-37H. The zero-order chi connectivity index (χ0) is 36.6. The molecule has 0 spiro atoms. The van der Waals surface area contributed by atoms with Crippen LogP contribution in [-0.4, -0.2) is 8.07 Å². The molecule has 2 nitrogen and oxygen atoms in total. The van der Waals surface area contributed by atoms with E-state index in [0.717, 1.165) is 39.0 Å². The van der Waals surface area contributed by atoms with Gasteiger partial charge in [0.1, 0.15) is 11.2 Å². The SMILES string of the molecule is c1ccc([Si](c2ccccc2)(c2ccccc2)c2ccc(N(c3ccc(-c4ccc5ccccc5c4)cc3)c3ccc4c(c3)oc3ccccc34)cc2)cc1. The smallest absolute Gasteiger partial charge is 0.179 e. The van der Waals surface area contributed by atoms with Crippen molar-refractivity contribution < 1.29 is 4.42 Å². The molecular weight excluding hydrogens is 683 g/mol. The largest absolute Gasteiger partial charge is 0.456 e. The summed E-state index contributed by atoms with van der Waals surface area (Å²) in [5, 5.41) is 10.1. The monoisotopic (exact) mass is 719 g/mol. The average Bonchev–Trinajstić information content (AvgIpc) is 3.64. The van der Waals surface area contributed by atoms with Crippen LogP contribution in [0.1, 0.15) is 0 Å². The second-order valence-corrected chi connectivity index (χ2v) is 17.9. The molecule has 0 unspecified atom stereocenters. The minimum Gasteiger partial charge on any atom is -0.456 e. The molecule has 0 saturated heterocycles. The molecule has 0 saturated carbocycles. The topological polar surface area (TPSA) is 16.4 Å². The second-order valence-electron chi connectivity index (χ2n) is 14.1. The molecule has 55 heavy (non-hydrogen) atoms. The quantitative estimate of drug-likeness (QED) is 0.115. The van der Waals surface area contributed by atoms with Gasteiger partial charge in [0.25, 0.3) is 0 Å². The Labute approximate surface area is 322 Å². The predicted octanol–water partition coefficient (Wildman–Crippen LogP) is 11.3. The molecule has 0 aliphatic carbocycles. The van der Waals surface area contributed by atoms with Gasteiger partial charge in [0.2, 0.25) is 0 Å². The average molecular weight is 720 g/mol. The number of rotatable bonds is 8. The van der Waals surface area contributed by atoms with Crippen LogP contribution in [0.4, 0.5) is 17.1 Å². The van der Waals surface area contributed by atoms with Crippen LogP contribution in [0, 0.1) is 0 Å². The predicted molar refractivity (Wildman–Crippen MR) is 235 cm³/mol. The van der Waals surface area contributed by atoms with Crippen LogP contribution in [-0.2, 0) is 0 Å². The van der Waals surface area contributed by atoms with E-state index >= 15 is 0 Å². The summed E-state index contributed by atoms with van der Waals surface area (Å²) < 4.78 is 6.42. The molecule has 10 aromatic rings. The molecule has 10 rings (SSSR count). The van der Waals surface area contributed by atoms with Crippen LogP contribution in [0.5, 0.6) is 0 Å². The van der Waals surface area contributed by atoms with Crippen molar-refractivity contribution in [1.29, 1.82) is 0 Å². The molecule has 0 radical (unpaired) electrons. The molecule has 0 aliphatic heterocycles. The minimum absolute atomic E-state index is 0.872. The van der Waals surface area contributed by atoms with Crippen LogP contribution in [0.2, 0.25) is 0 Å². The Morgan fingerprint density at radius 3 is 1.42 bits per heavy atom. The third kappa shape index (κ3) is 5.74. The van der Waals surface area contributed by atoms with Crippen molar-refractivity contribution in [2.75, 3.05) is 4.90 Å². The van der Waals surface area contributed by atoms with Crippen molar-refractivity contribution in [2.45, 2.75) is 0 Å². The lowest BCUT2D eigenvalue weighted by molar-refractivity contribution is 0.669. The minimum atomic E-state index is -2.67. The summed E-state index contributed by atoms with van der Waals surface area (Å²) in [4.78, 5) is 2.34. The van der Waals surface area contributed by atoms with Crippen molar-refractivity contribution in [3.05, 3.63) is 224 Å². The fourth-order valence-corrected chi connectivity index (χ4v) is 13.1. The van der Waals surface area contributed by atoms with E-state index in [0.29, 0.717) is 0 Å².